The van der Waals surface area contributed by atoms with E-state index in [2.05, 4.69) is 15.2 Å². The summed E-state index contributed by atoms with van der Waals surface area (Å²) in [6.07, 6.45) is 4.24. The van der Waals surface area contributed by atoms with Crippen molar-refractivity contribution < 1.29 is 9.59 Å². The van der Waals surface area contributed by atoms with E-state index < -0.39 is 0 Å². The number of nitrogens with one attached hydrogen (secondary N) is 1. The fourth-order valence-corrected chi connectivity index (χ4v) is 4.27. The van der Waals surface area contributed by atoms with Gasteiger partial charge in [0.2, 0.25) is 11.8 Å². The standard InChI is InChI=1S/C16H25N5O2S/c17-14(22)10-20-5-3-4-12(9-20)15(23)18-8-13-11-24-16(19-13)21-6-1-2-7-21/h11-12H,1-10H2,(H2,17,22)(H,18,23)/t12-/m1/s1. The molecule has 2 saturated heterocycles. The number of primary amides is 1. The Labute approximate surface area is 146 Å². The summed E-state index contributed by atoms with van der Waals surface area (Å²) in [7, 11) is 0. The van der Waals surface area contributed by atoms with Crippen LogP contribution in [0.1, 0.15) is 31.4 Å². The van der Waals surface area contributed by atoms with Crippen LogP contribution in [-0.4, -0.2) is 54.4 Å². The molecule has 24 heavy (non-hydrogen) atoms. The monoisotopic (exact) mass is 351 g/mol. The first-order valence-corrected chi connectivity index (χ1v) is 9.47. The lowest BCUT2D eigenvalue weighted by atomic mass is 9.97. The number of carbonyl (C=O) groups excluding carboxylic acids is 2. The SMILES string of the molecule is NC(=O)CN1CCC[C@@H](C(=O)NCc2csc(N3CCCC3)n2)C1. The van der Waals surface area contributed by atoms with Crippen molar-refractivity contribution in [2.75, 3.05) is 37.6 Å². The summed E-state index contributed by atoms with van der Waals surface area (Å²) < 4.78 is 0. The number of amides is 2. The van der Waals surface area contributed by atoms with Crippen molar-refractivity contribution in [2.24, 2.45) is 11.7 Å². The molecule has 0 bridgehead atoms. The number of hydrogen-bond acceptors (Lipinski definition) is 6. The van der Waals surface area contributed by atoms with Gasteiger partial charge in [-0.25, -0.2) is 4.98 Å². The maximum absolute atomic E-state index is 12.4. The highest BCUT2D eigenvalue weighted by molar-refractivity contribution is 7.13. The summed E-state index contributed by atoms with van der Waals surface area (Å²) in [5, 5.41) is 6.07. The molecule has 3 N–H and O–H groups in total. The Morgan fingerprint density at radius 3 is 2.83 bits per heavy atom. The van der Waals surface area contributed by atoms with Gasteiger partial charge in [-0.2, -0.15) is 0 Å². The van der Waals surface area contributed by atoms with Crippen molar-refractivity contribution in [3.63, 3.8) is 0 Å². The minimum absolute atomic E-state index is 0.0416. The molecule has 0 aromatic carbocycles. The van der Waals surface area contributed by atoms with Crippen LogP contribution in [0.2, 0.25) is 0 Å². The molecule has 2 amide bonds. The Bertz CT molecular complexity index is 585. The molecule has 7 nitrogen and oxygen atoms in total. The van der Waals surface area contributed by atoms with E-state index >= 15 is 0 Å². The maximum Gasteiger partial charge on any atom is 0.231 e. The molecular weight excluding hydrogens is 326 g/mol. The van der Waals surface area contributed by atoms with Crippen molar-refractivity contribution in [1.82, 2.24) is 15.2 Å². The van der Waals surface area contributed by atoms with Crippen molar-refractivity contribution in [3.8, 4) is 0 Å². The van der Waals surface area contributed by atoms with Gasteiger partial charge in [0.1, 0.15) is 0 Å². The van der Waals surface area contributed by atoms with Crippen LogP contribution < -0.4 is 16.0 Å². The smallest absolute Gasteiger partial charge is 0.231 e. The Morgan fingerprint density at radius 2 is 2.08 bits per heavy atom. The molecule has 0 spiro atoms. The Kier molecular flexibility index (Phi) is 5.68. The second kappa shape index (κ2) is 7.94. The molecule has 2 aliphatic rings. The van der Waals surface area contributed by atoms with Gasteiger partial charge in [0, 0.05) is 25.0 Å². The number of likely N-dealkylation sites (tertiary alicyclic amines) is 1. The number of anilines is 1. The third-order valence-electron chi connectivity index (χ3n) is 4.62. The average Bonchev–Trinajstić information content (AvgIpc) is 3.23. The topological polar surface area (TPSA) is 91.6 Å². The van der Waals surface area contributed by atoms with E-state index in [9.17, 15) is 9.59 Å². The van der Waals surface area contributed by atoms with Crippen LogP contribution in [0.15, 0.2) is 5.38 Å². The van der Waals surface area contributed by atoms with Crippen LogP contribution in [0.5, 0.6) is 0 Å². The van der Waals surface area contributed by atoms with Gasteiger partial charge in [-0.05, 0) is 32.2 Å². The van der Waals surface area contributed by atoms with Gasteiger partial charge in [0.25, 0.3) is 0 Å². The number of rotatable bonds is 6. The highest BCUT2D eigenvalue weighted by Gasteiger charge is 2.26. The maximum atomic E-state index is 12.4. The zero-order chi connectivity index (χ0) is 16.9. The lowest BCUT2D eigenvalue weighted by Crippen LogP contribution is -2.45. The summed E-state index contributed by atoms with van der Waals surface area (Å²) in [4.78, 5) is 32.3. The molecule has 8 heteroatoms. The quantitative estimate of drug-likeness (QED) is 0.781. The molecular formula is C16H25N5O2S. The van der Waals surface area contributed by atoms with Crippen molar-refractivity contribution in [3.05, 3.63) is 11.1 Å². The number of piperidine rings is 1. The lowest BCUT2D eigenvalue weighted by molar-refractivity contribution is -0.128. The molecule has 0 unspecified atom stereocenters. The second-order valence-corrected chi connectivity index (χ2v) is 7.41. The van der Waals surface area contributed by atoms with Gasteiger partial charge in [0.15, 0.2) is 5.13 Å². The van der Waals surface area contributed by atoms with Gasteiger partial charge in [-0.3, -0.25) is 14.5 Å². The third-order valence-corrected chi connectivity index (χ3v) is 5.57. The molecule has 132 valence electrons. The van der Waals surface area contributed by atoms with Crippen molar-refractivity contribution >= 4 is 28.3 Å². The number of nitrogens with two attached hydrogens (primary N) is 1. The van der Waals surface area contributed by atoms with Gasteiger partial charge >= 0.3 is 0 Å². The lowest BCUT2D eigenvalue weighted by Gasteiger charge is -2.30. The van der Waals surface area contributed by atoms with Gasteiger partial charge in [-0.15, -0.1) is 11.3 Å². The predicted molar refractivity (Wildman–Crippen MR) is 93.8 cm³/mol. The summed E-state index contributed by atoms with van der Waals surface area (Å²) in [5.41, 5.74) is 6.16. The predicted octanol–water partition coefficient (Wildman–Crippen LogP) is 0.557. The van der Waals surface area contributed by atoms with E-state index in [4.69, 9.17) is 5.73 Å². The summed E-state index contributed by atoms with van der Waals surface area (Å²) in [6, 6.07) is 0. The van der Waals surface area contributed by atoms with Gasteiger partial charge in [-0.1, -0.05) is 0 Å². The number of nitrogens with zero attached hydrogens (tertiary/aromatic N) is 3. The second-order valence-electron chi connectivity index (χ2n) is 6.57. The van der Waals surface area contributed by atoms with Crippen LogP contribution in [-0.2, 0) is 16.1 Å². The van der Waals surface area contributed by atoms with E-state index in [1.807, 2.05) is 10.3 Å². The minimum Gasteiger partial charge on any atom is -0.369 e. The number of thiazole rings is 1. The van der Waals surface area contributed by atoms with Crippen LogP contribution in [0.3, 0.4) is 0 Å². The molecule has 0 radical (unpaired) electrons. The Balaban J connectivity index is 1.47. The highest BCUT2D eigenvalue weighted by atomic mass is 32.1. The summed E-state index contributed by atoms with van der Waals surface area (Å²) in [5.74, 6) is -0.373. The molecule has 2 aliphatic heterocycles. The zero-order valence-electron chi connectivity index (χ0n) is 13.9. The van der Waals surface area contributed by atoms with E-state index in [1.165, 1.54) is 12.8 Å². The normalized spacial score (nSPS) is 21.8. The molecule has 1 atom stereocenters. The highest BCUT2D eigenvalue weighted by Crippen LogP contribution is 2.24. The number of aromatic nitrogens is 1. The van der Waals surface area contributed by atoms with Crippen molar-refractivity contribution in [1.29, 1.82) is 0 Å². The first-order valence-electron chi connectivity index (χ1n) is 8.59. The first-order chi connectivity index (χ1) is 11.6. The van der Waals surface area contributed by atoms with Gasteiger partial charge < -0.3 is 16.0 Å². The number of carbonyl (C=O) groups is 2. The Morgan fingerprint density at radius 1 is 1.29 bits per heavy atom. The minimum atomic E-state index is -0.340. The largest absolute Gasteiger partial charge is 0.369 e. The molecule has 0 saturated carbocycles. The van der Waals surface area contributed by atoms with Crippen LogP contribution in [0.4, 0.5) is 5.13 Å². The Hall–Kier alpha value is -1.67. The van der Waals surface area contributed by atoms with E-state index in [0.717, 1.165) is 43.3 Å². The molecule has 1 aromatic rings. The molecule has 2 fully saturated rings. The molecule has 3 rings (SSSR count). The summed E-state index contributed by atoms with van der Waals surface area (Å²) >= 11 is 1.65. The van der Waals surface area contributed by atoms with Gasteiger partial charge in [0.05, 0.1) is 24.7 Å². The molecule has 3 heterocycles. The third kappa shape index (κ3) is 4.45. The number of hydrogen-bond donors (Lipinski definition) is 2. The van der Waals surface area contributed by atoms with E-state index in [1.54, 1.807) is 11.3 Å². The summed E-state index contributed by atoms with van der Waals surface area (Å²) in [6.45, 7) is 4.29. The van der Waals surface area contributed by atoms with Crippen LogP contribution >= 0.6 is 11.3 Å². The molecule has 1 aromatic heterocycles. The van der Waals surface area contributed by atoms with Crippen LogP contribution in [0.25, 0.3) is 0 Å². The average molecular weight is 351 g/mol. The zero-order valence-corrected chi connectivity index (χ0v) is 14.7. The fourth-order valence-electron chi connectivity index (χ4n) is 3.39. The fraction of sp³-hybridized carbons (Fsp3) is 0.688. The van der Waals surface area contributed by atoms with E-state index in [0.29, 0.717) is 13.1 Å². The molecule has 0 aliphatic carbocycles. The first kappa shape index (κ1) is 17.2. The van der Waals surface area contributed by atoms with E-state index in [-0.39, 0.29) is 24.3 Å². The van der Waals surface area contributed by atoms with Crippen molar-refractivity contribution in [2.45, 2.75) is 32.2 Å². The van der Waals surface area contributed by atoms with Crippen LogP contribution in [0, 0.1) is 5.92 Å².